The predicted molar refractivity (Wildman–Crippen MR) is 83.0 cm³/mol. The van der Waals surface area contributed by atoms with E-state index in [2.05, 4.69) is 32.4 Å². The maximum Gasteiger partial charge on any atom is 0.261 e. The van der Waals surface area contributed by atoms with E-state index in [0.29, 0.717) is 5.88 Å². The summed E-state index contributed by atoms with van der Waals surface area (Å²) in [5.41, 5.74) is 2.09. The first-order valence-corrected chi connectivity index (χ1v) is 7.79. The summed E-state index contributed by atoms with van der Waals surface area (Å²) in [7, 11) is 0. The standard InChI is InChI=1S/C16H22N4O/c1-2-15-16(18-19-17-15)21-14-9-7-8-13(12-14)20-10-5-3-4-6-11-20/h7-9,12H,2-6,10-11H2,1H3,(H,17,18,19). The zero-order valence-electron chi connectivity index (χ0n) is 12.5. The van der Waals surface area contributed by atoms with Crippen molar-refractivity contribution in [3.8, 4) is 11.6 Å². The van der Waals surface area contributed by atoms with Gasteiger partial charge in [-0.2, -0.15) is 10.3 Å². The van der Waals surface area contributed by atoms with Crippen LogP contribution in [-0.2, 0) is 6.42 Å². The van der Waals surface area contributed by atoms with Crippen molar-refractivity contribution in [2.75, 3.05) is 18.0 Å². The van der Waals surface area contributed by atoms with Crippen LogP contribution in [0.1, 0.15) is 38.3 Å². The van der Waals surface area contributed by atoms with Gasteiger partial charge in [-0.3, -0.25) is 0 Å². The fourth-order valence-corrected chi connectivity index (χ4v) is 2.74. The predicted octanol–water partition coefficient (Wildman–Crippen LogP) is 3.54. The van der Waals surface area contributed by atoms with Crippen molar-refractivity contribution >= 4 is 5.69 Å². The maximum absolute atomic E-state index is 5.87. The Morgan fingerprint density at radius 3 is 2.71 bits per heavy atom. The van der Waals surface area contributed by atoms with Crippen molar-refractivity contribution in [1.82, 2.24) is 15.4 Å². The molecule has 0 unspecified atom stereocenters. The third-order valence-electron chi connectivity index (χ3n) is 3.92. The number of rotatable bonds is 4. The molecule has 3 rings (SSSR count). The molecule has 0 spiro atoms. The molecule has 0 amide bonds. The van der Waals surface area contributed by atoms with Crippen LogP contribution in [-0.4, -0.2) is 28.5 Å². The highest BCUT2D eigenvalue weighted by molar-refractivity contribution is 5.51. The molecule has 1 saturated heterocycles. The van der Waals surface area contributed by atoms with E-state index in [1.807, 2.05) is 19.1 Å². The molecule has 0 aliphatic carbocycles. The lowest BCUT2D eigenvalue weighted by Gasteiger charge is -2.23. The summed E-state index contributed by atoms with van der Waals surface area (Å²) < 4.78 is 5.87. The third-order valence-corrected chi connectivity index (χ3v) is 3.92. The van der Waals surface area contributed by atoms with Crippen molar-refractivity contribution in [3.63, 3.8) is 0 Å². The van der Waals surface area contributed by atoms with Crippen molar-refractivity contribution in [1.29, 1.82) is 0 Å². The number of benzene rings is 1. The minimum atomic E-state index is 0.575. The minimum Gasteiger partial charge on any atom is -0.436 e. The molecule has 2 aromatic rings. The quantitative estimate of drug-likeness (QED) is 0.934. The fourth-order valence-electron chi connectivity index (χ4n) is 2.74. The first-order chi connectivity index (χ1) is 10.4. The van der Waals surface area contributed by atoms with Gasteiger partial charge in [0.2, 0.25) is 0 Å². The molecular weight excluding hydrogens is 264 g/mol. The second-order valence-corrected chi connectivity index (χ2v) is 5.43. The fraction of sp³-hybridized carbons (Fsp3) is 0.500. The summed E-state index contributed by atoms with van der Waals surface area (Å²) in [5, 5.41) is 10.8. The Balaban J connectivity index is 1.76. The summed E-state index contributed by atoms with van der Waals surface area (Å²) in [6.07, 6.45) is 6.03. The van der Waals surface area contributed by atoms with Crippen LogP contribution in [0.25, 0.3) is 0 Å². The monoisotopic (exact) mass is 286 g/mol. The molecule has 1 aromatic carbocycles. The molecule has 0 saturated carbocycles. The Morgan fingerprint density at radius 1 is 1.14 bits per heavy atom. The first kappa shape index (κ1) is 13.9. The molecule has 5 heteroatoms. The van der Waals surface area contributed by atoms with E-state index < -0.39 is 0 Å². The lowest BCUT2D eigenvalue weighted by atomic mass is 10.2. The molecule has 0 bridgehead atoms. The van der Waals surface area contributed by atoms with Crippen LogP contribution in [0.5, 0.6) is 11.6 Å². The first-order valence-electron chi connectivity index (χ1n) is 7.79. The third kappa shape index (κ3) is 3.35. The largest absolute Gasteiger partial charge is 0.436 e. The smallest absolute Gasteiger partial charge is 0.261 e. The molecule has 1 N–H and O–H groups in total. The Hall–Kier alpha value is -2.04. The van der Waals surface area contributed by atoms with Crippen molar-refractivity contribution in [3.05, 3.63) is 30.0 Å². The number of hydrogen-bond donors (Lipinski definition) is 1. The molecule has 21 heavy (non-hydrogen) atoms. The van der Waals surface area contributed by atoms with Gasteiger partial charge in [-0.15, -0.1) is 5.10 Å². The zero-order valence-corrected chi connectivity index (χ0v) is 12.5. The number of nitrogens with zero attached hydrogens (tertiary/aromatic N) is 3. The molecule has 0 atom stereocenters. The van der Waals surface area contributed by atoms with Gasteiger partial charge in [-0.1, -0.05) is 25.8 Å². The molecule has 1 aromatic heterocycles. The number of nitrogens with one attached hydrogen (secondary N) is 1. The summed E-state index contributed by atoms with van der Waals surface area (Å²) in [4.78, 5) is 2.45. The maximum atomic E-state index is 5.87. The average molecular weight is 286 g/mol. The molecule has 1 aliphatic heterocycles. The highest BCUT2D eigenvalue weighted by Gasteiger charge is 2.12. The topological polar surface area (TPSA) is 54.0 Å². The van der Waals surface area contributed by atoms with Crippen molar-refractivity contribution < 1.29 is 4.74 Å². The molecule has 5 nitrogen and oxygen atoms in total. The van der Waals surface area contributed by atoms with Gasteiger partial charge in [-0.05, 0) is 31.4 Å². The number of aromatic amines is 1. The number of H-pyrrole nitrogens is 1. The lowest BCUT2D eigenvalue weighted by molar-refractivity contribution is 0.456. The highest BCUT2D eigenvalue weighted by Crippen LogP contribution is 2.27. The van der Waals surface area contributed by atoms with Crippen LogP contribution in [0.2, 0.25) is 0 Å². The number of hydrogen-bond acceptors (Lipinski definition) is 4. The van der Waals surface area contributed by atoms with E-state index in [4.69, 9.17) is 4.74 Å². The Morgan fingerprint density at radius 2 is 1.95 bits per heavy atom. The van der Waals surface area contributed by atoms with Crippen LogP contribution >= 0.6 is 0 Å². The van der Waals surface area contributed by atoms with Crippen LogP contribution in [0, 0.1) is 0 Å². The molecule has 2 heterocycles. The van der Waals surface area contributed by atoms with Crippen molar-refractivity contribution in [2.24, 2.45) is 0 Å². The van der Waals surface area contributed by atoms with Gasteiger partial charge in [0.25, 0.3) is 5.88 Å². The van der Waals surface area contributed by atoms with Crippen LogP contribution in [0.4, 0.5) is 5.69 Å². The second-order valence-electron chi connectivity index (χ2n) is 5.43. The average Bonchev–Trinajstić information content (AvgIpc) is 2.79. The van der Waals surface area contributed by atoms with E-state index in [1.165, 1.54) is 31.4 Å². The number of aromatic nitrogens is 3. The Bertz CT molecular complexity index is 573. The minimum absolute atomic E-state index is 0.575. The molecule has 1 aliphatic rings. The molecular formula is C16H22N4O. The van der Waals surface area contributed by atoms with E-state index in [0.717, 1.165) is 31.0 Å². The summed E-state index contributed by atoms with van der Waals surface area (Å²) in [6, 6.07) is 8.26. The van der Waals surface area contributed by atoms with Gasteiger partial charge in [0.05, 0.1) is 0 Å². The van der Waals surface area contributed by atoms with Gasteiger partial charge in [0, 0.05) is 24.8 Å². The SMILES string of the molecule is CCc1n[nH]nc1Oc1cccc(N2CCCCCC2)c1. The second kappa shape index (κ2) is 6.61. The molecule has 0 radical (unpaired) electrons. The Kier molecular flexibility index (Phi) is 4.38. The zero-order chi connectivity index (χ0) is 14.5. The van der Waals surface area contributed by atoms with Gasteiger partial charge >= 0.3 is 0 Å². The highest BCUT2D eigenvalue weighted by atomic mass is 16.5. The van der Waals surface area contributed by atoms with E-state index >= 15 is 0 Å². The van der Waals surface area contributed by atoms with Crippen LogP contribution in [0.15, 0.2) is 24.3 Å². The number of aryl methyl sites for hydroxylation is 1. The van der Waals surface area contributed by atoms with Gasteiger partial charge in [-0.25, -0.2) is 0 Å². The van der Waals surface area contributed by atoms with Gasteiger partial charge in [0.1, 0.15) is 11.4 Å². The van der Waals surface area contributed by atoms with E-state index in [1.54, 1.807) is 0 Å². The summed E-state index contributed by atoms with van der Waals surface area (Å²) in [5.74, 6) is 1.39. The molecule has 1 fully saturated rings. The number of ether oxygens (including phenoxy) is 1. The van der Waals surface area contributed by atoms with Gasteiger partial charge in [0.15, 0.2) is 0 Å². The number of anilines is 1. The van der Waals surface area contributed by atoms with Crippen LogP contribution in [0.3, 0.4) is 0 Å². The molecule has 112 valence electrons. The van der Waals surface area contributed by atoms with Crippen LogP contribution < -0.4 is 9.64 Å². The van der Waals surface area contributed by atoms with Crippen molar-refractivity contribution in [2.45, 2.75) is 39.0 Å². The van der Waals surface area contributed by atoms with E-state index in [-0.39, 0.29) is 0 Å². The summed E-state index contributed by atoms with van der Waals surface area (Å²) in [6.45, 7) is 4.31. The van der Waals surface area contributed by atoms with E-state index in [9.17, 15) is 0 Å². The van der Waals surface area contributed by atoms with Gasteiger partial charge < -0.3 is 9.64 Å². The normalized spacial score (nSPS) is 15.8. The lowest BCUT2D eigenvalue weighted by Crippen LogP contribution is -2.23. The Labute approximate surface area is 125 Å². The summed E-state index contributed by atoms with van der Waals surface area (Å²) >= 11 is 0.